The molecular weight excluding hydrogens is 583 g/mol. The minimum absolute atomic E-state index is 0.0437. The zero-order valence-corrected chi connectivity index (χ0v) is 25.9. The molecule has 2 amide bonds. The van der Waals surface area contributed by atoms with Crippen molar-refractivity contribution in [3.8, 4) is 5.69 Å². The summed E-state index contributed by atoms with van der Waals surface area (Å²) in [6.45, 7) is 8.26. The first-order chi connectivity index (χ1) is 21.3. The maximum atomic E-state index is 15.5. The Bertz CT molecular complexity index is 1690. The summed E-state index contributed by atoms with van der Waals surface area (Å²) in [6, 6.07) is 12.0. The van der Waals surface area contributed by atoms with Crippen LogP contribution in [0.4, 0.5) is 10.1 Å². The monoisotopic (exact) mass is 618 g/mol. The number of amides is 2. The Kier molecular flexibility index (Phi) is 9.73. The lowest BCUT2D eigenvalue weighted by Gasteiger charge is -2.32. The number of carbonyl (C=O) groups is 2. The van der Waals surface area contributed by atoms with Gasteiger partial charge in [-0.25, -0.2) is 9.07 Å². The van der Waals surface area contributed by atoms with Gasteiger partial charge in [0, 0.05) is 55.7 Å². The summed E-state index contributed by atoms with van der Waals surface area (Å²) in [6.07, 6.45) is 4.37. The number of halogens is 2. The zero-order chi connectivity index (χ0) is 31.4. The van der Waals surface area contributed by atoms with Gasteiger partial charge in [-0.2, -0.15) is 5.10 Å². The Morgan fingerprint density at radius 1 is 1.11 bits per heavy atom. The number of aromatic nitrogens is 3. The molecule has 0 spiro atoms. The van der Waals surface area contributed by atoms with Gasteiger partial charge >= 0.3 is 0 Å². The number of nitrogens with zero attached hydrogens (tertiary/aromatic N) is 5. The molecule has 2 aliphatic rings. The molecule has 0 saturated heterocycles. The average molecular weight is 619 g/mol. The smallest absolute Gasteiger partial charge is 0.277 e. The molecule has 4 aromatic rings. The van der Waals surface area contributed by atoms with Crippen molar-refractivity contribution < 1.29 is 19.1 Å². The number of hydrogen-bond donors (Lipinski definition) is 2. The second kappa shape index (κ2) is 13.7. The predicted octanol–water partition coefficient (Wildman–Crippen LogP) is 4.88. The third-order valence-corrected chi connectivity index (χ3v) is 8.17. The van der Waals surface area contributed by atoms with Crippen molar-refractivity contribution in [1.29, 1.82) is 0 Å². The van der Waals surface area contributed by atoms with Gasteiger partial charge in [-0.15, -0.1) is 0 Å². The van der Waals surface area contributed by atoms with E-state index < -0.39 is 17.6 Å². The van der Waals surface area contributed by atoms with E-state index in [0.29, 0.717) is 42.2 Å². The highest BCUT2D eigenvalue weighted by molar-refractivity contribution is 6.30. The summed E-state index contributed by atoms with van der Waals surface area (Å²) in [7, 11) is 0. The summed E-state index contributed by atoms with van der Waals surface area (Å²) >= 11 is 6.27. The fraction of sp³-hybridized carbons (Fsp3) is 0.333. The van der Waals surface area contributed by atoms with Crippen molar-refractivity contribution in [3.05, 3.63) is 105 Å². The van der Waals surface area contributed by atoms with Crippen molar-refractivity contribution in [2.45, 2.75) is 46.7 Å². The molecule has 0 atom stereocenters. The van der Waals surface area contributed by atoms with Gasteiger partial charge in [0.2, 0.25) is 0 Å². The first-order valence-electron chi connectivity index (χ1n) is 14.9. The molecule has 2 N–H and O–H groups in total. The normalized spacial score (nSPS) is 14.4. The maximum absolute atomic E-state index is 15.5. The third kappa shape index (κ3) is 6.24. The molecule has 0 radical (unpaired) electrons. The fourth-order valence-corrected chi connectivity index (χ4v) is 5.86. The highest BCUT2D eigenvalue weighted by atomic mass is 35.5. The van der Waals surface area contributed by atoms with Gasteiger partial charge in [0.15, 0.2) is 5.69 Å². The summed E-state index contributed by atoms with van der Waals surface area (Å²) in [4.78, 5) is 35.2. The van der Waals surface area contributed by atoms with Crippen LogP contribution in [0, 0.1) is 12.7 Å². The van der Waals surface area contributed by atoms with Crippen LogP contribution in [0.15, 0.2) is 54.9 Å². The lowest BCUT2D eigenvalue weighted by Crippen LogP contribution is -2.40. The van der Waals surface area contributed by atoms with Gasteiger partial charge in [-0.3, -0.25) is 19.5 Å². The van der Waals surface area contributed by atoms with E-state index in [0.717, 1.165) is 28.8 Å². The van der Waals surface area contributed by atoms with Crippen molar-refractivity contribution in [2.24, 2.45) is 0 Å². The molecule has 9 nitrogen and oxygen atoms in total. The highest BCUT2D eigenvalue weighted by Crippen LogP contribution is 2.33. The molecule has 0 aliphatic carbocycles. The molecule has 230 valence electrons. The van der Waals surface area contributed by atoms with Gasteiger partial charge in [-0.05, 0) is 78.4 Å². The van der Waals surface area contributed by atoms with E-state index in [-0.39, 0.29) is 36.8 Å². The van der Waals surface area contributed by atoms with Crippen LogP contribution in [0.3, 0.4) is 0 Å². The minimum Gasteiger partial charge on any atom is -0.395 e. The maximum Gasteiger partial charge on any atom is 0.277 e. The topological polar surface area (TPSA) is 104 Å². The Labute approximate surface area is 261 Å². The number of hydrogen-bond acceptors (Lipinski definition) is 6. The van der Waals surface area contributed by atoms with Crippen LogP contribution in [-0.4, -0.2) is 62.8 Å². The molecule has 0 unspecified atom stereocenters. The van der Waals surface area contributed by atoms with Crippen LogP contribution in [0.25, 0.3) is 5.69 Å². The number of carbonyl (C=O) groups excluding carboxylic acids is 2. The average Bonchev–Trinajstić information content (AvgIpc) is 3.43. The number of β-amino-alcohol motifs (C(OH)–C–C–N with tert-alkyl or cyclic N) is 1. The molecule has 6 rings (SSSR count). The number of fused-ring (bicyclic) bond motifs is 2. The Morgan fingerprint density at radius 3 is 2.68 bits per heavy atom. The number of pyridine rings is 1. The molecule has 0 fully saturated rings. The first kappa shape index (κ1) is 31.3. The Balaban J connectivity index is 0.00000188. The second-order valence-corrected chi connectivity index (χ2v) is 11.0. The summed E-state index contributed by atoms with van der Waals surface area (Å²) in [5.41, 5.74) is 5.25. The lowest BCUT2D eigenvalue weighted by molar-refractivity contribution is 0.0944. The second-order valence-electron chi connectivity index (χ2n) is 10.6. The van der Waals surface area contributed by atoms with Crippen LogP contribution >= 0.6 is 11.6 Å². The summed E-state index contributed by atoms with van der Waals surface area (Å²) in [5, 5.41) is 17.3. The summed E-state index contributed by atoms with van der Waals surface area (Å²) < 4.78 is 16.9. The number of anilines is 1. The Morgan fingerprint density at radius 2 is 1.93 bits per heavy atom. The van der Waals surface area contributed by atoms with E-state index in [1.54, 1.807) is 42.7 Å². The molecule has 11 heteroatoms. The van der Waals surface area contributed by atoms with E-state index in [2.05, 4.69) is 20.3 Å². The Hall–Kier alpha value is -4.12. The van der Waals surface area contributed by atoms with E-state index >= 15 is 4.39 Å². The molecule has 4 heterocycles. The SMILES string of the molecule is CC.Cc1ccncc1CNC(=O)c1nn(-c2cccc(Cl)c2)c2c1CCN(c1cc3c(cc1F)CCN(CCO)C3)C2=O. The number of aliphatic hydroxyl groups excluding tert-OH is 1. The van der Waals surface area contributed by atoms with Crippen molar-refractivity contribution in [1.82, 2.24) is 25.0 Å². The van der Waals surface area contributed by atoms with Crippen LogP contribution in [0.2, 0.25) is 5.02 Å². The first-order valence-corrected chi connectivity index (χ1v) is 15.2. The van der Waals surface area contributed by atoms with Gasteiger partial charge in [-0.1, -0.05) is 31.5 Å². The van der Waals surface area contributed by atoms with E-state index in [9.17, 15) is 14.7 Å². The van der Waals surface area contributed by atoms with E-state index in [1.165, 1.54) is 15.6 Å². The molecule has 0 bridgehead atoms. The van der Waals surface area contributed by atoms with Crippen molar-refractivity contribution in [2.75, 3.05) is 31.1 Å². The largest absolute Gasteiger partial charge is 0.395 e. The highest BCUT2D eigenvalue weighted by Gasteiger charge is 2.36. The van der Waals surface area contributed by atoms with E-state index in [4.69, 9.17) is 11.6 Å². The zero-order valence-electron chi connectivity index (χ0n) is 25.1. The van der Waals surface area contributed by atoms with Gasteiger partial charge in [0.25, 0.3) is 11.8 Å². The molecule has 2 aliphatic heterocycles. The van der Waals surface area contributed by atoms with Crippen LogP contribution < -0.4 is 10.2 Å². The third-order valence-electron chi connectivity index (χ3n) is 7.94. The van der Waals surface area contributed by atoms with Crippen molar-refractivity contribution in [3.63, 3.8) is 0 Å². The van der Waals surface area contributed by atoms with Crippen LogP contribution in [-0.2, 0) is 25.9 Å². The predicted molar refractivity (Wildman–Crippen MR) is 168 cm³/mol. The minimum atomic E-state index is -0.472. The van der Waals surface area contributed by atoms with Crippen LogP contribution in [0.5, 0.6) is 0 Å². The van der Waals surface area contributed by atoms with Crippen LogP contribution in [0.1, 0.15) is 62.6 Å². The number of aliphatic hydroxyl groups is 1. The van der Waals surface area contributed by atoms with Crippen molar-refractivity contribution >= 4 is 29.1 Å². The lowest BCUT2D eigenvalue weighted by atomic mass is 9.97. The number of aryl methyl sites for hydroxylation is 1. The number of rotatable bonds is 7. The molecule has 2 aromatic heterocycles. The molecular formula is C33H36ClFN6O3. The number of nitrogens with one attached hydrogen (secondary N) is 1. The molecule has 0 saturated carbocycles. The molecule has 44 heavy (non-hydrogen) atoms. The van der Waals surface area contributed by atoms with Gasteiger partial charge in [0.1, 0.15) is 11.5 Å². The summed E-state index contributed by atoms with van der Waals surface area (Å²) in [5.74, 6) is -1.34. The quantitative estimate of drug-likeness (QED) is 0.306. The van der Waals surface area contributed by atoms with Gasteiger partial charge < -0.3 is 15.3 Å². The van der Waals surface area contributed by atoms with Gasteiger partial charge in [0.05, 0.1) is 18.0 Å². The van der Waals surface area contributed by atoms with E-state index in [1.807, 2.05) is 26.8 Å². The number of benzene rings is 2. The fourth-order valence-electron chi connectivity index (χ4n) is 5.67. The standard InChI is InChI=1S/C31H30ClFN6O3.C2H6/c1-19-5-8-34-16-22(19)17-35-30(41)28-25-7-10-38(31(42)29(25)39(36-28)24-4-2-3-23(32)15-24)27-14-21-18-37(11-12-40)9-6-20(21)13-26(27)33;1-2/h2-5,8,13-16,40H,6-7,9-12,17-18H2,1H3,(H,35,41);1-2H3. The molecule has 2 aromatic carbocycles.